The Balaban J connectivity index is 2.28. The molecule has 0 fully saturated rings. The summed E-state index contributed by atoms with van der Waals surface area (Å²) in [6.07, 6.45) is 0.489. The molecule has 0 atom stereocenters. The molecule has 2 aromatic rings. The molecule has 0 spiro atoms. The maximum Gasteiger partial charge on any atom is 0.181 e. The van der Waals surface area contributed by atoms with E-state index in [1.165, 1.54) is 0 Å². The Kier molecular flexibility index (Phi) is 3.05. The highest BCUT2D eigenvalue weighted by Crippen LogP contribution is 2.43. The van der Waals surface area contributed by atoms with Gasteiger partial charge in [-0.1, -0.05) is 55.0 Å². The molecule has 0 bridgehead atoms. The van der Waals surface area contributed by atoms with Gasteiger partial charge < -0.3 is 0 Å². The number of carbonyl (C=O) groups excluding carboxylic acids is 2. The van der Waals surface area contributed by atoms with Crippen LogP contribution in [0.4, 0.5) is 0 Å². The Labute approximate surface area is 124 Å². The van der Waals surface area contributed by atoms with E-state index in [1.807, 2.05) is 51.1 Å². The van der Waals surface area contributed by atoms with Crippen molar-refractivity contribution in [2.24, 2.45) is 0 Å². The van der Waals surface area contributed by atoms with E-state index in [0.29, 0.717) is 17.5 Å². The number of aryl methyl sites for hydroxylation is 2. The quantitative estimate of drug-likeness (QED) is 0.777. The number of rotatable bonds is 2. The third kappa shape index (κ3) is 1.72. The third-order valence-corrected chi connectivity index (χ3v) is 4.56. The molecule has 2 heteroatoms. The summed E-state index contributed by atoms with van der Waals surface area (Å²) in [6.45, 7) is 5.91. The molecule has 0 saturated heterocycles. The maximum atomic E-state index is 13.0. The highest BCUT2D eigenvalue weighted by molar-refractivity contribution is 6.33. The van der Waals surface area contributed by atoms with Gasteiger partial charge in [-0.25, -0.2) is 0 Å². The number of fused-ring (bicyclic) bond motifs is 1. The minimum absolute atomic E-state index is 0.0578. The van der Waals surface area contributed by atoms with Gasteiger partial charge in [0.15, 0.2) is 11.6 Å². The lowest BCUT2D eigenvalue weighted by Gasteiger charge is -2.27. The van der Waals surface area contributed by atoms with E-state index < -0.39 is 5.41 Å². The average molecular weight is 278 g/mol. The lowest BCUT2D eigenvalue weighted by atomic mass is 9.72. The zero-order chi connectivity index (χ0) is 15.2. The molecular weight excluding hydrogens is 260 g/mol. The van der Waals surface area contributed by atoms with Crippen LogP contribution in [0, 0.1) is 13.8 Å². The van der Waals surface area contributed by atoms with Gasteiger partial charge in [-0.15, -0.1) is 0 Å². The minimum Gasteiger partial charge on any atom is -0.293 e. The summed E-state index contributed by atoms with van der Waals surface area (Å²) >= 11 is 0. The summed E-state index contributed by atoms with van der Waals surface area (Å²) in [6, 6.07) is 13.1. The predicted octanol–water partition coefficient (Wildman–Crippen LogP) is 4.03. The Morgan fingerprint density at radius 2 is 1.48 bits per heavy atom. The van der Waals surface area contributed by atoms with Gasteiger partial charge in [0.25, 0.3) is 0 Å². The molecule has 0 aromatic heterocycles. The van der Waals surface area contributed by atoms with E-state index >= 15 is 0 Å². The molecule has 0 N–H and O–H groups in total. The summed E-state index contributed by atoms with van der Waals surface area (Å²) in [7, 11) is 0. The van der Waals surface area contributed by atoms with Crippen LogP contribution in [-0.2, 0) is 5.41 Å². The second-order valence-corrected chi connectivity index (χ2v) is 5.78. The molecular formula is C19H18O2. The van der Waals surface area contributed by atoms with Crippen LogP contribution in [0.2, 0.25) is 0 Å². The average Bonchev–Trinajstić information content (AvgIpc) is 2.70. The fourth-order valence-electron chi connectivity index (χ4n) is 3.49. The van der Waals surface area contributed by atoms with Crippen LogP contribution >= 0.6 is 0 Å². The fourth-order valence-corrected chi connectivity index (χ4v) is 3.49. The van der Waals surface area contributed by atoms with Crippen molar-refractivity contribution in [1.82, 2.24) is 0 Å². The summed E-state index contributed by atoms with van der Waals surface area (Å²) in [5.74, 6) is -0.116. The normalized spacial score (nSPS) is 16.1. The molecule has 3 rings (SSSR count). The standard InChI is InChI=1S/C19H18O2/c1-4-19(16-10-9-12(2)11-13(16)3)17(20)14-7-5-6-8-15(14)18(19)21/h5-11H,4H2,1-3H3. The molecule has 2 nitrogen and oxygen atoms in total. The zero-order valence-corrected chi connectivity index (χ0v) is 12.6. The van der Waals surface area contributed by atoms with E-state index in [4.69, 9.17) is 0 Å². The topological polar surface area (TPSA) is 34.1 Å². The van der Waals surface area contributed by atoms with Gasteiger partial charge >= 0.3 is 0 Å². The van der Waals surface area contributed by atoms with Crippen molar-refractivity contribution in [3.05, 3.63) is 70.3 Å². The van der Waals surface area contributed by atoms with Crippen molar-refractivity contribution in [2.75, 3.05) is 0 Å². The molecule has 0 amide bonds. The Morgan fingerprint density at radius 3 is 1.95 bits per heavy atom. The maximum absolute atomic E-state index is 13.0. The second-order valence-electron chi connectivity index (χ2n) is 5.78. The van der Waals surface area contributed by atoms with Crippen molar-refractivity contribution >= 4 is 11.6 Å². The SMILES string of the molecule is CCC1(c2ccc(C)cc2C)C(=O)c2ccccc2C1=O. The van der Waals surface area contributed by atoms with Crippen molar-refractivity contribution < 1.29 is 9.59 Å². The lowest BCUT2D eigenvalue weighted by molar-refractivity contribution is 0.0788. The molecule has 1 aliphatic rings. The van der Waals surface area contributed by atoms with Crippen molar-refractivity contribution in [2.45, 2.75) is 32.6 Å². The first-order valence-electron chi connectivity index (χ1n) is 7.28. The van der Waals surface area contributed by atoms with Gasteiger partial charge in [-0.05, 0) is 31.4 Å². The van der Waals surface area contributed by atoms with E-state index in [2.05, 4.69) is 0 Å². The molecule has 106 valence electrons. The van der Waals surface area contributed by atoms with Gasteiger partial charge in [0.1, 0.15) is 5.41 Å². The summed E-state index contributed by atoms with van der Waals surface area (Å²) in [5, 5.41) is 0. The Hall–Kier alpha value is -2.22. The number of carbonyl (C=O) groups is 2. The van der Waals surface area contributed by atoms with Crippen LogP contribution in [0.5, 0.6) is 0 Å². The molecule has 21 heavy (non-hydrogen) atoms. The summed E-state index contributed by atoms with van der Waals surface area (Å²) in [5.41, 5.74) is 3.07. The van der Waals surface area contributed by atoms with E-state index in [0.717, 1.165) is 16.7 Å². The van der Waals surface area contributed by atoms with Crippen LogP contribution in [0.3, 0.4) is 0 Å². The molecule has 0 heterocycles. The first kappa shape index (κ1) is 13.7. The van der Waals surface area contributed by atoms with E-state index in [-0.39, 0.29) is 11.6 Å². The molecule has 0 aliphatic heterocycles. The lowest BCUT2D eigenvalue weighted by Crippen LogP contribution is -2.38. The monoisotopic (exact) mass is 278 g/mol. The van der Waals surface area contributed by atoms with Crippen LogP contribution in [0.1, 0.15) is 50.8 Å². The number of Topliss-reactive ketones (excluding diaryl/α,β-unsaturated/α-hetero) is 2. The predicted molar refractivity (Wildman–Crippen MR) is 83.0 cm³/mol. The van der Waals surface area contributed by atoms with Crippen molar-refractivity contribution in [3.8, 4) is 0 Å². The van der Waals surface area contributed by atoms with Gasteiger partial charge in [-0.3, -0.25) is 9.59 Å². The molecule has 0 unspecified atom stereocenters. The van der Waals surface area contributed by atoms with Crippen molar-refractivity contribution in [1.29, 1.82) is 0 Å². The molecule has 0 saturated carbocycles. The molecule has 0 radical (unpaired) electrons. The smallest absolute Gasteiger partial charge is 0.181 e. The van der Waals surface area contributed by atoms with E-state index in [1.54, 1.807) is 12.1 Å². The third-order valence-electron chi connectivity index (χ3n) is 4.56. The molecule has 1 aliphatic carbocycles. The van der Waals surface area contributed by atoms with Gasteiger partial charge in [0.2, 0.25) is 0 Å². The number of hydrogen-bond acceptors (Lipinski definition) is 2. The minimum atomic E-state index is -1.04. The molecule has 2 aromatic carbocycles. The van der Waals surface area contributed by atoms with E-state index in [9.17, 15) is 9.59 Å². The van der Waals surface area contributed by atoms with Crippen LogP contribution < -0.4 is 0 Å². The van der Waals surface area contributed by atoms with Crippen molar-refractivity contribution in [3.63, 3.8) is 0 Å². The van der Waals surface area contributed by atoms with Gasteiger partial charge in [0, 0.05) is 11.1 Å². The first-order valence-corrected chi connectivity index (χ1v) is 7.28. The van der Waals surface area contributed by atoms with Crippen LogP contribution in [0.25, 0.3) is 0 Å². The highest BCUT2D eigenvalue weighted by Gasteiger charge is 2.53. The zero-order valence-electron chi connectivity index (χ0n) is 12.6. The van der Waals surface area contributed by atoms with Crippen LogP contribution in [-0.4, -0.2) is 11.6 Å². The number of benzene rings is 2. The first-order chi connectivity index (χ1) is 10.0. The fraction of sp³-hybridized carbons (Fsp3) is 0.263. The van der Waals surface area contributed by atoms with Crippen LogP contribution in [0.15, 0.2) is 42.5 Å². The summed E-state index contributed by atoms with van der Waals surface area (Å²) in [4.78, 5) is 26.0. The largest absolute Gasteiger partial charge is 0.293 e. The Bertz CT molecular complexity index is 721. The number of hydrogen-bond donors (Lipinski definition) is 0. The second kappa shape index (κ2) is 4.66. The highest BCUT2D eigenvalue weighted by atomic mass is 16.2. The summed E-state index contributed by atoms with van der Waals surface area (Å²) < 4.78 is 0. The Morgan fingerprint density at radius 1 is 0.905 bits per heavy atom. The van der Waals surface area contributed by atoms with Gasteiger partial charge in [-0.2, -0.15) is 0 Å². The number of ketones is 2. The van der Waals surface area contributed by atoms with Gasteiger partial charge in [0.05, 0.1) is 0 Å².